The lowest BCUT2D eigenvalue weighted by Crippen LogP contribution is -2.22. The Morgan fingerprint density at radius 3 is 2.00 bits per heavy atom. The van der Waals surface area contributed by atoms with Gasteiger partial charge in [0.05, 0.1) is 0 Å². The van der Waals surface area contributed by atoms with E-state index in [0.29, 0.717) is 18.1 Å². The van der Waals surface area contributed by atoms with Gasteiger partial charge in [0.1, 0.15) is 0 Å². The minimum atomic E-state index is -1.26. The molecule has 2 rings (SSSR count). The van der Waals surface area contributed by atoms with Crippen LogP contribution in [0.3, 0.4) is 0 Å². The minimum Gasteiger partial charge on any atom is -0.478 e. The Balaban J connectivity index is 0.000000645. The van der Waals surface area contributed by atoms with Crippen molar-refractivity contribution in [1.82, 2.24) is 9.88 Å². The third-order valence-corrected chi connectivity index (χ3v) is 3.38. The van der Waals surface area contributed by atoms with Crippen LogP contribution in [0.15, 0.2) is 66.9 Å². The quantitative estimate of drug-likeness (QED) is 0.713. The van der Waals surface area contributed by atoms with Gasteiger partial charge in [0, 0.05) is 36.5 Å². The van der Waals surface area contributed by atoms with Gasteiger partial charge in [-0.05, 0) is 38.2 Å². The lowest BCUT2D eigenvalue weighted by Gasteiger charge is -2.20. The lowest BCUT2D eigenvalue weighted by atomic mass is 9.95. The highest BCUT2D eigenvalue weighted by Gasteiger charge is 2.14. The van der Waals surface area contributed by atoms with Crippen LogP contribution in [0.5, 0.6) is 0 Å². The molecule has 0 fully saturated rings. The summed E-state index contributed by atoms with van der Waals surface area (Å²) in [5.74, 6) is -2.07. The van der Waals surface area contributed by atoms with E-state index in [4.69, 9.17) is 10.2 Å². The van der Waals surface area contributed by atoms with Gasteiger partial charge in [-0.25, -0.2) is 9.59 Å². The number of benzene rings is 1. The second-order valence-electron chi connectivity index (χ2n) is 5.91. The number of aromatic nitrogens is 1. The van der Waals surface area contributed by atoms with Gasteiger partial charge in [0.15, 0.2) is 0 Å². The van der Waals surface area contributed by atoms with Crippen molar-refractivity contribution in [3.8, 4) is 0 Å². The molecule has 0 aliphatic heterocycles. The average molecular weight is 374 g/mol. The molecule has 1 aromatic heterocycles. The molecule has 1 heterocycles. The van der Waals surface area contributed by atoms with E-state index in [1.165, 1.54) is 11.3 Å². The number of hydrogen-bond acceptors (Lipinski definition) is 4. The predicted molar refractivity (Wildman–Crippen MR) is 104 cm³/mol. The molecule has 0 spiro atoms. The summed E-state index contributed by atoms with van der Waals surface area (Å²) in [6.45, 7) is 1.02. The Hall–Kier alpha value is -3.03. The van der Waals surface area contributed by atoms with Crippen molar-refractivity contribution in [2.24, 2.45) is 0 Å². The van der Waals surface area contributed by atoms with Gasteiger partial charge in [0.2, 0.25) is 0 Å². The van der Waals surface area contributed by atoms with E-state index in [1.807, 2.05) is 12.3 Å². The molecule has 2 aromatic rings. The van der Waals surface area contributed by atoms with E-state index in [9.17, 15) is 9.59 Å². The molecule has 0 bridgehead atoms. The summed E-state index contributed by atoms with van der Waals surface area (Å²) in [7, 11) is 4.22. The highest BCUT2D eigenvalue weighted by atomic mass is 16.4. The van der Waals surface area contributed by atoms with Crippen molar-refractivity contribution in [2.45, 2.75) is 12.3 Å². The van der Waals surface area contributed by atoms with Crippen molar-refractivity contribution in [3.63, 3.8) is 0 Å². The number of carbonyl (C=O) groups is 2. The highest BCUT2D eigenvalue weighted by Crippen LogP contribution is 2.19. The molecular formula is C20H26N2O5. The van der Waals surface area contributed by atoms with E-state index in [0.717, 1.165) is 13.0 Å². The molecule has 0 saturated heterocycles. The fourth-order valence-electron chi connectivity index (χ4n) is 2.36. The third-order valence-electron chi connectivity index (χ3n) is 3.38. The minimum absolute atomic E-state index is 0. The number of carboxylic acids is 2. The standard InChI is InChI=1S/C16H20N2.C4H4O4.H2O/c1-18(2)13-15(16-10-6-7-11-17-16)12-14-8-4-3-5-9-14;5-3(6)1-2-4(7)8;/h3-11,15H,12-13H2,1-2H3;1-2H,(H,5,6)(H,7,8);1H2. The van der Waals surface area contributed by atoms with Crippen molar-refractivity contribution < 1.29 is 25.3 Å². The number of nitrogens with zero attached hydrogens (tertiary/aromatic N) is 2. The van der Waals surface area contributed by atoms with Crippen LogP contribution >= 0.6 is 0 Å². The Labute approximate surface area is 158 Å². The summed E-state index contributed by atoms with van der Waals surface area (Å²) >= 11 is 0. The third kappa shape index (κ3) is 11.2. The fourth-order valence-corrected chi connectivity index (χ4v) is 2.36. The van der Waals surface area contributed by atoms with Crippen molar-refractivity contribution in [2.75, 3.05) is 20.6 Å². The van der Waals surface area contributed by atoms with Crippen LogP contribution in [0.2, 0.25) is 0 Å². The largest absolute Gasteiger partial charge is 0.478 e. The van der Waals surface area contributed by atoms with E-state index in [1.54, 1.807) is 0 Å². The molecule has 27 heavy (non-hydrogen) atoms. The molecule has 0 radical (unpaired) electrons. The molecule has 7 heteroatoms. The maximum atomic E-state index is 9.55. The highest BCUT2D eigenvalue weighted by molar-refractivity contribution is 5.89. The second-order valence-corrected chi connectivity index (χ2v) is 5.91. The van der Waals surface area contributed by atoms with Gasteiger partial charge >= 0.3 is 11.9 Å². The zero-order chi connectivity index (χ0) is 19.4. The van der Waals surface area contributed by atoms with Gasteiger partial charge in [-0.3, -0.25) is 4.98 Å². The van der Waals surface area contributed by atoms with Crippen LogP contribution in [0.4, 0.5) is 0 Å². The Morgan fingerprint density at radius 1 is 1.00 bits per heavy atom. The fraction of sp³-hybridized carbons (Fsp3) is 0.250. The smallest absolute Gasteiger partial charge is 0.328 e. The molecule has 146 valence electrons. The summed E-state index contributed by atoms with van der Waals surface area (Å²) in [5.41, 5.74) is 2.55. The van der Waals surface area contributed by atoms with Crippen molar-refractivity contribution in [3.05, 3.63) is 78.1 Å². The first-order valence-corrected chi connectivity index (χ1v) is 8.12. The SMILES string of the molecule is CN(C)CC(Cc1ccccc1)c1ccccn1.O.O=C(O)C=CC(=O)O. The first-order chi connectivity index (χ1) is 12.4. The number of pyridine rings is 1. The number of likely N-dealkylation sites (N-methyl/N-ethyl adjacent to an activating group) is 1. The Morgan fingerprint density at radius 2 is 1.56 bits per heavy atom. The van der Waals surface area contributed by atoms with E-state index >= 15 is 0 Å². The molecule has 7 nitrogen and oxygen atoms in total. The number of carboxylic acid groups (broad SMARTS) is 2. The van der Waals surface area contributed by atoms with Gasteiger partial charge in [-0.1, -0.05) is 36.4 Å². The number of rotatable bonds is 7. The first kappa shape index (κ1) is 24.0. The topological polar surface area (TPSA) is 122 Å². The molecule has 1 atom stereocenters. The predicted octanol–water partition coefficient (Wildman–Crippen LogP) is 1.86. The number of aliphatic carboxylic acids is 2. The maximum absolute atomic E-state index is 9.55. The zero-order valence-corrected chi connectivity index (χ0v) is 15.4. The Kier molecular flexibility index (Phi) is 11.7. The first-order valence-electron chi connectivity index (χ1n) is 8.12. The molecule has 1 aromatic carbocycles. The summed E-state index contributed by atoms with van der Waals surface area (Å²) in [6, 6.07) is 16.8. The summed E-state index contributed by atoms with van der Waals surface area (Å²) in [6.07, 6.45) is 4.03. The molecule has 0 amide bonds. The summed E-state index contributed by atoms with van der Waals surface area (Å²) in [4.78, 5) is 25.8. The van der Waals surface area contributed by atoms with Crippen LogP contribution in [0.25, 0.3) is 0 Å². The van der Waals surface area contributed by atoms with Crippen LogP contribution < -0.4 is 0 Å². The molecule has 0 saturated carbocycles. The van der Waals surface area contributed by atoms with Crippen LogP contribution in [0, 0.1) is 0 Å². The van der Waals surface area contributed by atoms with E-state index < -0.39 is 11.9 Å². The van der Waals surface area contributed by atoms with Crippen LogP contribution in [0.1, 0.15) is 17.2 Å². The van der Waals surface area contributed by atoms with Crippen LogP contribution in [-0.4, -0.2) is 58.2 Å². The van der Waals surface area contributed by atoms with E-state index in [2.05, 4.69) is 66.4 Å². The van der Waals surface area contributed by atoms with Gasteiger partial charge in [-0.15, -0.1) is 0 Å². The van der Waals surface area contributed by atoms with Gasteiger partial charge < -0.3 is 20.6 Å². The van der Waals surface area contributed by atoms with Crippen molar-refractivity contribution in [1.29, 1.82) is 0 Å². The van der Waals surface area contributed by atoms with Crippen LogP contribution in [-0.2, 0) is 16.0 Å². The summed E-state index contributed by atoms with van der Waals surface area (Å²) < 4.78 is 0. The maximum Gasteiger partial charge on any atom is 0.328 e. The van der Waals surface area contributed by atoms with E-state index in [-0.39, 0.29) is 5.48 Å². The second kappa shape index (κ2) is 13.2. The monoisotopic (exact) mass is 374 g/mol. The number of hydrogen-bond donors (Lipinski definition) is 2. The normalized spacial score (nSPS) is 11.2. The zero-order valence-electron chi connectivity index (χ0n) is 15.4. The summed E-state index contributed by atoms with van der Waals surface area (Å²) in [5, 5.41) is 15.6. The average Bonchev–Trinajstić information content (AvgIpc) is 2.61. The molecule has 1 unspecified atom stereocenters. The molecular weight excluding hydrogens is 348 g/mol. The van der Waals surface area contributed by atoms with Gasteiger partial charge in [-0.2, -0.15) is 0 Å². The van der Waals surface area contributed by atoms with Gasteiger partial charge in [0.25, 0.3) is 0 Å². The van der Waals surface area contributed by atoms with Crippen molar-refractivity contribution >= 4 is 11.9 Å². The molecule has 0 aliphatic rings. The lowest BCUT2D eigenvalue weighted by molar-refractivity contribution is -0.134. The Bertz CT molecular complexity index is 687. The molecule has 4 N–H and O–H groups in total. The molecule has 0 aliphatic carbocycles.